The molecule has 0 bridgehead atoms. The third kappa shape index (κ3) is 4.10. The van der Waals surface area contributed by atoms with Crippen molar-refractivity contribution in [1.29, 1.82) is 0 Å². The van der Waals surface area contributed by atoms with Gasteiger partial charge in [0.2, 0.25) is 17.6 Å². The lowest BCUT2D eigenvalue weighted by molar-refractivity contribution is -0.126. The Labute approximate surface area is 191 Å². The number of carbonyl (C=O) groups excluding carboxylic acids is 2. The predicted octanol–water partition coefficient (Wildman–Crippen LogP) is 2.43. The minimum Gasteiger partial charge on any atom is -0.461 e. The minimum atomic E-state index is -0.418. The number of aryl methyl sites for hydroxylation is 2. The van der Waals surface area contributed by atoms with Gasteiger partial charge in [-0.15, -0.1) is 5.10 Å². The maximum absolute atomic E-state index is 12.9. The predicted molar refractivity (Wildman–Crippen MR) is 122 cm³/mol. The SMILES string of the molecule is Cc1ccc(N2CC(C(=O)NCCn3nc(-c4ccco4)n(C4CC4)c3=O)CC2=O)cc1C. The van der Waals surface area contributed by atoms with Crippen molar-refractivity contribution < 1.29 is 14.0 Å². The highest BCUT2D eigenvalue weighted by Gasteiger charge is 2.35. The van der Waals surface area contributed by atoms with E-state index in [4.69, 9.17) is 4.42 Å². The van der Waals surface area contributed by atoms with E-state index in [1.807, 2.05) is 32.0 Å². The number of amides is 2. The average Bonchev–Trinajstić information content (AvgIpc) is 3.19. The Morgan fingerprint density at radius 3 is 2.70 bits per heavy atom. The zero-order valence-electron chi connectivity index (χ0n) is 18.8. The molecular formula is C24H27N5O4. The summed E-state index contributed by atoms with van der Waals surface area (Å²) in [5.74, 6) is 0.414. The quantitative estimate of drug-likeness (QED) is 0.597. The molecule has 2 aromatic heterocycles. The van der Waals surface area contributed by atoms with Crippen molar-refractivity contribution in [1.82, 2.24) is 19.7 Å². The van der Waals surface area contributed by atoms with Gasteiger partial charge in [-0.25, -0.2) is 9.48 Å². The Kier molecular flexibility index (Phi) is 5.39. The van der Waals surface area contributed by atoms with E-state index in [-0.39, 0.29) is 43.1 Å². The first-order valence-corrected chi connectivity index (χ1v) is 11.3. The lowest BCUT2D eigenvalue weighted by Crippen LogP contribution is -2.36. The summed E-state index contributed by atoms with van der Waals surface area (Å²) in [5, 5.41) is 7.32. The van der Waals surface area contributed by atoms with Crippen LogP contribution in [0.5, 0.6) is 0 Å². The number of benzene rings is 1. The lowest BCUT2D eigenvalue weighted by Gasteiger charge is -2.18. The molecule has 3 aromatic rings. The van der Waals surface area contributed by atoms with Gasteiger partial charge >= 0.3 is 5.69 Å². The summed E-state index contributed by atoms with van der Waals surface area (Å²) in [6, 6.07) is 9.58. The summed E-state index contributed by atoms with van der Waals surface area (Å²) in [7, 11) is 0. The Morgan fingerprint density at radius 2 is 2.00 bits per heavy atom. The van der Waals surface area contributed by atoms with Gasteiger partial charge in [0, 0.05) is 31.2 Å². The lowest BCUT2D eigenvalue weighted by atomic mass is 10.1. The Morgan fingerprint density at radius 1 is 1.18 bits per heavy atom. The summed E-state index contributed by atoms with van der Waals surface area (Å²) < 4.78 is 8.50. The molecule has 9 nitrogen and oxygen atoms in total. The molecule has 172 valence electrons. The highest BCUT2D eigenvalue weighted by molar-refractivity contribution is 6.00. The van der Waals surface area contributed by atoms with Crippen LogP contribution in [0.25, 0.3) is 11.6 Å². The first kappa shape index (κ1) is 21.2. The second-order valence-electron chi connectivity index (χ2n) is 8.87. The number of carbonyl (C=O) groups is 2. The zero-order chi connectivity index (χ0) is 23.1. The highest BCUT2D eigenvalue weighted by atomic mass is 16.3. The van der Waals surface area contributed by atoms with Gasteiger partial charge in [0.15, 0.2) is 5.76 Å². The molecule has 5 rings (SSSR count). The third-order valence-corrected chi connectivity index (χ3v) is 6.44. The van der Waals surface area contributed by atoms with E-state index in [9.17, 15) is 14.4 Å². The molecule has 9 heteroatoms. The normalized spacial score (nSPS) is 18.2. The Hall–Kier alpha value is -3.62. The maximum Gasteiger partial charge on any atom is 0.346 e. The number of rotatable bonds is 7. The van der Waals surface area contributed by atoms with E-state index in [0.29, 0.717) is 18.1 Å². The molecule has 1 aliphatic heterocycles. The molecule has 33 heavy (non-hydrogen) atoms. The molecule has 1 aromatic carbocycles. The largest absolute Gasteiger partial charge is 0.461 e. The first-order valence-electron chi connectivity index (χ1n) is 11.3. The van der Waals surface area contributed by atoms with Crippen LogP contribution < -0.4 is 15.9 Å². The van der Waals surface area contributed by atoms with E-state index in [2.05, 4.69) is 10.4 Å². The van der Waals surface area contributed by atoms with Crippen LogP contribution in [-0.4, -0.2) is 39.3 Å². The summed E-state index contributed by atoms with van der Waals surface area (Å²) in [6.45, 7) is 4.89. The zero-order valence-corrected chi connectivity index (χ0v) is 18.8. The van der Waals surface area contributed by atoms with Gasteiger partial charge in [-0.05, 0) is 62.1 Å². The van der Waals surface area contributed by atoms with Crippen molar-refractivity contribution in [3.63, 3.8) is 0 Å². The number of furan rings is 1. The fraction of sp³-hybridized carbons (Fsp3) is 0.417. The Bertz CT molecular complexity index is 1250. The van der Waals surface area contributed by atoms with Crippen LogP contribution in [0.4, 0.5) is 5.69 Å². The second-order valence-corrected chi connectivity index (χ2v) is 8.87. The number of hydrogen-bond donors (Lipinski definition) is 1. The molecule has 0 radical (unpaired) electrons. The van der Waals surface area contributed by atoms with Gasteiger partial charge in [-0.1, -0.05) is 6.07 Å². The van der Waals surface area contributed by atoms with Crippen LogP contribution in [0.3, 0.4) is 0 Å². The summed E-state index contributed by atoms with van der Waals surface area (Å²) in [5.41, 5.74) is 2.89. The molecule has 2 fully saturated rings. The van der Waals surface area contributed by atoms with Gasteiger partial charge in [0.05, 0.1) is 18.7 Å². The van der Waals surface area contributed by atoms with Crippen LogP contribution in [0.15, 0.2) is 45.8 Å². The standard InChI is InChI=1S/C24H27N5O4/c1-15-5-6-19(12-16(15)2)27-14-17(13-21(27)30)23(31)25-9-10-28-24(32)29(18-7-8-18)22(26-28)20-4-3-11-33-20/h3-6,11-12,17-18H,7-10,13-14H2,1-2H3,(H,25,31). The molecule has 1 unspecified atom stereocenters. The molecule has 1 N–H and O–H groups in total. The van der Waals surface area contributed by atoms with Crippen LogP contribution >= 0.6 is 0 Å². The molecule has 1 aliphatic carbocycles. The minimum absolute atomic E-state index is 0.0547. The molecule has 1 saturated heterocycles. The van der Waals surface area contributed by atoms with Crippen molar-refractivity contribution in [2.24, 2.45) is 5.92 Å². The summed E-state index contributed by atoms with van der Waals surface area (Å²) in [6.07, 6.45) is 3.63. The van der Waals surface area contributed by atoms with E-state index < -0.39 is 5.92 Å². The van der Waals surface area contributed by atoms with E-state index in [1.165, 1.54) is 4.68 Å². The van der Waals surface area contributed by atoms with Gasteiger partial charge < -0.3 is 14.6 Å². The van der Waals surface area contributed by atoms with Crippen LogP contribution in [0, 0.1) is 19.8 Å². The molecule has 0 spiro atoms. The van der Waals surface area contributed by atoms with Crippen molar-refractivity contribution in [2.45, 2.75) is 45.7 Å². The Balaban J connectivity index is 1.22. The molecule has 1 saturated carbocycles. The smallest absolute Gasteiger partial charge is 0.346 e. The van der Waals surface area contributed by atoms with Crippen LogP contribution in [0.1, 0.15) is 36.4 Å². The summed E-state index contributed by atoms with van der Waals surface area (Å²) in [4.78, 5) is 39.8. The van der Waals surface area contributed by atoms with E-state index in [1.54, 1.807) is 27.9 Å². The third-order valence-electron chi connectivity index (χ3n) is 6.44. The summed E-state index contributed by atoms with van der Waals surface area (Å²) >= 11 is 0. The van der Waals surface area contributed by atoms with E-state index >= 15 is 0 Å². The average molecular weight is 450 g/mol. The molecular weight excluding hydrogens is 422 g/mol. The number of nitrogens with one attached hydrogen (secondary N) is 1. The highest BCUT2D eigenvalue weighted by Crippen LogP contribution is 2.36. The number of nitrogens with zero attached hydrogens (tertiary/aromatic N) is 4. The molecule has 2 amide bonds. The van der Waals surface area contributed by atoms with Crippen molar-refractivity contribution in [3.05, 3.63) is 58.2 Å². The fourth-order valence-corrected chi connectivity index (χ4v) is 4.26. The topological polar surface area (TPSA) is 102 Å². The monoisotopic (exact) mass is 449 g/mol. The maximum atomic E-state index is 12.9. The van der Waals surface area contributed by atoms with Crippen molar-refractivity contribution >= 4 is 17.5 Å². The van der Waals surface area contributed by atoms with Crippen molar-refractivity contribution in [3.8, 4) is 11.6 Å². The molecule has 3 heterocycles. The van der Waals surface area contributed by atoms with Gasteiger partial charge in [-0.2, -0.15) is 0 Å². The molecule has 2 aliphatic rings. The van der Waals surface area contributed by atoms with Crippen molar-refractivity contribution in [2.75, 3.05) is 18.0 Å². The fourth-order valence-electron chi connectivity index (χ4n) is 4.26. The van der Waals surface area contributed by atoms with Gasteiger partial charge in [-0.3, -0.25) is 14.2 Å². The molecule has 1 atom stereocenters. The van der Waals surface area contributed by atoms with Gasteiger partial charge in [0.1, 0.15) is 0 Å². The second kappa shape index (κ2) is 8.38. The number of hydrogen-bond acceptors (Lipinski definition) is 5. The first-order chi connectivity index (χ1) is 15.9. The van der Waals surface area contributed by atoms with Crippen LogP contribution in [0.2, 0.25) is 0 Å². The van der Waals surface area contributed by atoms with Gasteiger partial charge in [0.25, 0.3) is 0 Å². The van der Waals surface area contributed by atoms with E-state index in [0.717, 1.165) is 29.7 Å². The number of anilines is 1. The number of aromatic nitrogens is 3. The van der Waals surface area contributed by atoms with Crippen LogP contribution in [-0.2, 0) is 16.1 Å².